The maximum Gasteiger partial charge on any atom is 0.293 e. The average Bonchev–Trinajstić information content (AvgIpc) is 3.23. The highest BCUT2D eigenvalue weighted by molar-refractivity contribution is 7.16. The van der Waals surface area contributed by atoms with Gasteiger partial charge in [0.25, 0.3) is 5.56 Å². The largest absolute Gasteiger partial charge is 0.490 e. The van der Waals surface area contributed by atoms with Crippen LogP contribution in [0, 0.1) is 0 Å². The van der Waals surface area contributed by atoms with Gasteiger partial charge < -0.3 is 14.6 Å². The third-order valence-electron chi connectivity index (χ3n) is 3.96. The van der Waals surface area contributed by atoms with Crippen LogP contribution in [0.25, 0.3) is 10.3 Å². The van der Waals surface area contributed by atoms with Crippen molar-refractivity contribution in [3.8, 4) is 5.75 Å². The van der Waals surface area contributed by atoms with Crippen molar-refractivity contribution < 1.29 is 4.74 Å². The van der Waals surface area contributed by atoms with E-state index in [2.05, 4.69) is 29.8 Å². The fraction of sp³-hybridized carbons (Fsp3) is 0.357. The van der Waals surface area contributed by atoms with Crippen molar-refractivity contribution in [1.29, 1.82) is 0 Å². The smallest absolute Gasteiger partial charge is 0.293 e. The number of ether oxygens (including phenoxy) is 1. The molecule has 1 unspecified atom stereocenters. The van der Waals surface area contributed by atoms with E-state index in [1.165, 1.54) is 24.6 Å². The highest BCUT2D eigenvalue weighted by Crippen LogP contribution is 2.36. The zero-order valence-electron chi connectivity index (χ0n) is 12.4. The lowest BCUT2D eigenvalue weighted by Crippen LogP contribution is -2.27. The van der Waals surface area contributed by atoms with Crippen LogP contribution in [0.3, 0.4) is 0 Å². The molecule has 3 aromatic heterocycles. The predicted molar refractivity (Wildman–Crippen MR) is 85.9 cm³/mol. The zero-order valence-corrected chi connectivity index (χ0v) is 13.2. The van der Waals surface area contributed by atoms with Crippen molar-refractivity contribution in [2.75, 3.05) is 18.6 Å². The van der Waals surface area contributed by atoms with Crippen LogP contribution in [-0.2, 0) is 0 Å². The number of H-pyrrole nitrogens is 1. The Morgan fingerprint density at radius 2 is 2.26 bits per heavy atom. The number of hydrogen-bond donors (Lipinski definition) is 1. The normalized spacial score (nSPS) is 17.8. The van der Waals surface area contributed by atoms with Crippen LogP contribution < -0.4 is 15.2 Å². The van der Waals surface area contributed by atoms with Gasteiger partial charge in [-0.15, -0.1) is 11.3 Å². The molecular weight excluding hydrogens is 316 g/mol. The van der Waals surface area contributed by atoms with Gasteiger partial charge in [0.2, 0.25) is 5.75 Å². The fourth-order valence-corrected chi connectivity index (χ4v) is 3.53. The first kappa shape index (κ1) is 14.1. The molecule has 1 N–H and O–H groups in total. The first-order valence-electron chi connectivity index (χ1n) is 7.22. The summed E-state index contributed by atoms with van der Waals surface area (Å²) in [5.41, 5.74) is 2.28. The minimum atomic E-state index is -0.272. The standard InChI is InChI=1S/C14H14N6O2S/c1-22-9-5-15-11(19-13(9)21)8-3-2-4-20(8)12-10-14(17-6-16-12)23-7-18-10/h5-8H,2-4H2,1H3,(H,15,19,21). The molecule has 1 atom stereocenters. The first-order valence-corrected chi connectivity index (χ1v) is 8.10. The number of hydrogen-bond acceptors (Lipinski definition) is 8. The Morgan fingerprint density at radius 1 is 1.35 bits per heavy atom. The molecule has 23 heavy (non-hydrogen) atoms. The molecule has 0 aromatic carbocycles. The molecule has 0 amide bonds. The second-order valence-corrected chi connectivity index (χ2v) is 6.05. The van der Waals surface area contributed by atoms with Gasteiger partial charge in [-0.2, -0.15) is 0 Å². The number of rotatable bonds is 3. The van der Waals surface area contributed by atoms with E-state index in [4.69, 9.17) is 4.74 Å². The lowest BCUT2D eigenvalue weighted by molar-refractivity contribution is 0.404. The summed E-state index contributed by atoms with van der Waals surface area (Å²) in [5, 5.41) is 0. The van der Waals surface area contributed by atoms with Crippen molar-refractivity contribution >= 4 is 27.5 Å². The van der Waals surface area contributed by atoms with Gasteiger partial charge in [-0.05, 0) is 12.8 Å². The average molecular weight is 330 g/mol. The van der Waals surface area contributed by atoms with Crippen LogP contribution in [0.1, 0.15) is 24.7 Å². The van der Waals surface area contributed by atoms with Gasteiger partial charge in [0.15, 0.2) is 5.82 Å². The summed E-state index contributed by atoms with van der Waals surface area (Å²) in [6.45, 7) is 0.837. The Morgan fingerprint density at radius 3 is 3.09 bits per heavy atom. The van der Waals surface area contributed by atoms with E-state index in [0.717, 1.165) is 35.6 Å². The van der Waals surface area contributed by atoms with Gasteiger partial charge in [0.05, 0.1) is 24.9 Å². The second kappa shape index (κ2) is 5.58. The third-order valence-corrected chi connectivity index (χ3v) is 4.70. The minimum Gasteiger partial charge on any atom is -0.490 e. The van der Waals surface area contributed by atoms with Crippen LogP contribution in [0.4, 0.5) is 5.82 Å². The summed E-state index contributed by atoms with van der Waals surface area (Å²) in [7, 11) is 1.45. The van der Waals surface area contributed by atoms with Gasteiger partial charge >= 0.3 is 0 Å². The van der Waals surface area contributed by atoms with Gasteiger partial charge in [-0.25, -0.2) is 19.9 Å². The molecule has 1 saturated heterocycles. The topological polar surface area (TPSA) is 96.9 Å². The number of aromatic amines is 1. The Kier molecular flexibility index (Phi) is 3.41. The van der Waals surface area contributed by atoms with Gasteiger partial charge in [-0.1, -0.05) is 0 Å². The van der Waals surface area contributed by atoms with Crippen molar-refractivity contribution in [3.63, 3.8) is 0 Å². The number of thiazole rings is 1. The number of aromatic nitrogens is 5. The molecule has 3 aromatic rings. The summed E-state index contributed by atoms with van der Waals surface area (Å²) in [6, 6.07) is -0.0339. The molecule has 4 rings (SSSR count). The highest BCUT2D eigenvalue weighted by atomic mass is 32.1. The molecule has 9 heteroatoms. The van der Waals surface area contributed by atoms with Crippen LogP contribution in [0.2, 0.25) is 0 Å². The summed E-state index contributed by atoms with van der Waals surface area (Å²) < 4.78 is 4.97. The molecule has 0 bridgehead atoms. The van der Waals surface area contributed by atoms with Crippen LogP contribution in [-0.4, -0.2) is 38.6 Å². The molecule has 8 nitrogen and oxygen atoms in total. The van der Waals surface area contributed by atoms with E-state index in [1.54, 1.807) is 11.8 Å². The molecule has 0 radical (unpaired) electrons. The molecule has 4 heterocycles. The highest BCUT2D eigenvalue weighted by Gasteiger charge is 2.31. The number of nitrogens with zero attached hydrogens (tertiary/aromatic N) is 5. The van der Waals surface area contributed by atoms with E-state index < -0.39 is 0 Å². The van der Waals surface area contributed by atoms with Crippen molar-refractivity contribution in [1.82, 2.24) is 24.9 Å². The van der Waals surface area contributed by atoms with E-state index >= 15 is 0 Å². The zero-order chi connectivity index (χ0) is 15.8. The Balaban J connectivity index is 1.76. The Bertz CT molecular complexity index is 907. The van der Waals surface area contributed by atoms with Crippen LogP contribution in [0.5, 0.6) is 5.75 Å². The molecule has 118 valence electrons. The second-order valence-electron chi connectivity index (χ2n) is 5.22. The maximum absolute atomic E-state index is 12.0. The van der Waals surface area contributed by atoms with Gasteiger partial charge in [0.1, 0.15) is 22.5 Å². The Labute approximate surface area is 135 Å². The third kappa shape index (κ3) is 2.33. The van der Waals surface area contributed by atoms with E-state index in [0.29, 0.717) is 5.82 Å². The number of methoxy groups -OCH3 is 1. The van der Waals surface area contributed by atoms with Crippen molar-refractivity contribution in [2.24, 2.45) is 0 Å². The number of fused-ring (bicyclic) bond motifs is 1. The molecule has 1 fully saturated rings. The van der Waals surface area contributed by atoms with Crippen molar-refractivity contribution in [2.45, 2.75) is 18.9 Å². The van der Waals surface area contributed by atoms with E-state index in [9.17, 15) is 4.79 Å². The molecular formula is C14H14N6O2S. The quantitative estimate of drug-likeness (QED) is 0.777. The van der Waals surface area contributed by atoms with Crippen LogP contribution >= 0.6 is 11.3 Å². The number of anilines is 1. The lowest BCUT2D eigenvalue weighted by atomic mass is 10.2. The van der Waals surface area contributed by atoms with Crippen molar-refractivity contribution in [3.05, 3.63) is 34.2 Å². The fourth-order valence-electron chi connectivity index (χ4n) is 2.91. The van der Waals surface area contributed by atoms with Gasteiger partial charge in [0, 0.05) is 6.54 Å². The predicted octanol–water partition coefficient (Wildman–Crippen LogP) is 1.52. The SMILES string of the molecule is COc1cnc(C2CCCN2c2ncnc3scnc23)[nH]c1=O. The maximum atomic E-state index is 12.0. The lowest BCUT2D eigenvalue weighted by Gasteiger charge is -2.24. The molecule has 1 aliphatic heterocycles. The molecule has 1 aliphatic rings. The first-order chi connectivity index (χ1) is 11.3. The Hall–Kier alpha value is -2.55. The molecule has 0 spiro atoms. The minimum absolute atomic E-state index is 0.0339. The van der Waals surface area contributed by atoms with E-state index in [-0.39, 0.29) is 17.4 Å². The van der Waals surface area contributed by atoms with Crippen LogP contribution in [0.15, 0.2) is 22.8 Å². The number of nitrogens with one attached hydrogen (secondary N) is 1. The molecule has 0 saturated carbocycles. The molecule has 0 aliphatic carbocycles. The monoisotopic (exact) mass is 330 g/mol. The van der Waals surface area contributed by atoms with E-state index in [1.807, 2.05) is 0 Å². The summed E-state index contributed by atoms with van der Waals surface area (Å²) >= 11 is 1.49. The summed E-state index contributed by atoms with van der Waals surface area (Å²) in [5.74, 6) is 1.62. The van der Waals surface area contributed by atoms with Gasteiger partial charge in [-0.3, -0.25) is 4.79 Å². The summed E-state index contributed by atoms with van der Waals surface area (Å²) in [6.07, 6.45) is 4.90. The summed E-state index contributed by atoms with van der Waals surface area (Å²) in [4.78, 5) is 35.1.